The average Bonchev–Trinajstić information content (AvgIpc) is 0.681. The highest BCUT2D eigenvalue weighted by molar-refractivity contribution is 5.91. The zero-order chi connectivity index (χ0) is 84.8. The van der Waals surface area contributed by atoms with E-state index in [9.17, 15) is 112 Å². The summed E-state index contributed by atoms with van der Waals surface area (Å²) in [6, 6.07) is 6.07. The Bertz CT molecular complexity index is 3110. The molecule has 0 fully saturated rings. The van der Waals surface area contributed by atoms with Gasteiger partial charge in [0.1, 0.15) is 11.6 Å². The van der Waals surface area contributed by atoms with Crippen LogP contribution in [0.25, 0.3) is 0 Å². The van der Waals surface area contributed by atoms with Crippen LogP contribution in [0.1, 0.15) is 187 Å². The summed E-state index contributed by atoms with van der Waals surface area (Å²) in [7, 11) is 0. The zero-order valence-electron chi connectivity index (χ0n) is 60.0. The summed E-state index contributed by atoms with van der Waals surface area (Å²) in [5.41, 5.74) is -41.7. The first-order chi connectivity index (χ1) is 43.0. The molecule has 0 radical (unpaired) electrons. The number of carbonyl (C=O) groups excluding carboxylic acids is 2. The first-order valence-corrected chi connectivity index (χ1v) is 29.8. The molecule has 0 aliphatic rings. The predicted octanol–water partition coefficient (Wildman–Crippen LogP) is 24.0. The Morgan fingerprint density at radius 1 is 0.176 bits per heavy atom. The maximum absolute atomic E-state index is 16.6. The fourth-order valence-electron chi connectivity index (χ4n) is 13.6. The predicted molar refractivity (Wildman–Crippen MR) is 298 cm³/mol. The van der Waals surface area contributed by atoms with E-state index in [1.54, 1.807) is 0 Å². The van der Waals surface area contributed by atoms with E-state index in [1.165, 1.54) is 27.7 Å². The van der Waals surface area contributed by atoms with E-state index in [2.05, 4.69) is 0 Å². The maximum Gasteiger partial charge on any atom is 0.460 e. The molecular formula is C63H81F34N3O2. The highest BCUT2D eigenvalue weighted by Gasteiger charge is 2.98. The van der Waals surface area contributed by atoms with Gasteiger partial charge in [-0.25, -0.2) is 0 Å². The van der Waals surface area contributed by atoms with Crippen LogP contribution in [0.2, 0.25) is 0 Å². The quantitative estimate of drug-likeness (QED) is 0.0666. The summed E-state index contributed by atoms with van der Waals surface area (Å²) in [6.45, 7) is 20.0. The summed E-state index contributed by atoms with van der Waals surface area (Å²) < 4.78 is 497. The van der Waals surface area contributed by atoms with Crippen LogP contribution in [0.15, 0.2) is 0 Å². The standard InChI is InChI=1S/C63H81F34N3O2/c1-33(2,31(101)35(5,6)39(13,14)48(64,65)50(68,69)52(72,73)54(76,77)56(80,81)58(84,85)60(88,89)62(92,93)94)37(9,10)41(17,18)45(25,28-98)43(21,22)47(27,30-100)44(23,24)46(26,29-99)42(19,20)38(11,12)34(3,4)32(102)36(7,8)40(15,16)49(66,67)51(70,71)53(74,75)55(78,79)57(82,83)59(86,87)61(90,91)63(95,96)97/h1-27H3/t45-,46+,47?. The number of alkyl halides is 34. The molecule has 0 aromatic rings. The van der Waals surface area contributed by atoms with Gasteiger partial charge in [-0.3, -0.25) is 9.59 Å². The third-order valence-electron chi connectivity index (χ3n) is 26.8. The van der Waals surface area contributed by atoms with Crippen LogP contribution < -0.4 is 0 Å². The van der Waals surface area contributed by atoms with Gasteiger partial charge in [-0.2, -0.15) is 165 Å². The summed E-state index contributed by atoms with van der Waals surface area (Å²) in [5.74, 6) is -123. The van der Waals surface area contributed by atoms with Gasteiger partial charge in [0, 0.05) is 43.3 Å². The maximum atomic E-state index is 16.6. The number of nitriles is 3. The smallest absolute Gasteiger partial charge is 0.298 e. The molecule has 102 heavy (non-hydrogen) atoms. The van der Waals surface area contributed by atoms with Gasteiger partial charge in [0.05, 0.1) is 34.5 Å². The molecule has 598 valence electrons. The van der Waals surface area contributed by atoms with E-state index in [0.29, 0.717) is 0 Å². The molecule has 1 unspecified atom stereocenters. The second-order valence-electron chi connectivity index (χ2n) is 32.9. The highest BCUT2D eigenvalue weighted by atomic mass is 19.4. The van der Waals surface area contributed by atoms with Crippen LogP contribution in [0.4, 0.5) is 149 Å². The SMILES string of the molecule is CC(C)(C(=O)C(C)(C)C(C)(C)C(C)(C)[C@](C)(C#N)C(C)(C)C(C)(C#N)C(C)(C)[C@](C)(C#N)C(C)(C)C(C)(C)C(C)(C)C(=O)C(C)(C)C(C)(C)C(F)(F)C(F)(F)C(F)(F)C(F)(F)C(F)(F)C(F)(F)C(F)(F)C(F)(F)F)C(C)(C)C(F)(F)C(F)(F)C(F)(F)C(F)(F)C(F)(F)C(F)(F)C(F)(F)C(F)(F)F. The topological polar surface area (TPSA) is 106 Å². The highest BCUT2D eigenvalue weighted by Crippen LogP contribution is 2.78. The number of hydrogen-bond acceptors (Lipinski definition) is 5. The molecule has 0 spiro atoms. The Labute approximate surface area is 566 Å². The van der Waals surface area contributed by atoms with Crippen LogP contribution in [0, 0.1) is 115 Å². The van der Waals surface area contributed by atoms with Gasteiger partial charge in [0.2, 0.25) is 0 Å². The molecule has 0 saturated carbocycles. The van der Waals surface area contributed by atoms with Gasteiger partial charge < -0.3 is 0 Å². The van der Waals surface area contributed by atoms with Crippen LogP contribution in [-0.2, 0) is 9.59 Å². The molecule has 0 N–H and O–H groups in total. The van der Waals surface area contributed by atoms with Crippen molar-refractivity contribution in [3.8, 4) is 18.2 Å². The number of halogens is 34. The first kappa shape index (κ1) is 97.4. The van der Waals surface area contributed by atoms with Gasteiger partial charge >= 0.3 is 95.3 Å². The van der Waals surface area contributed by atoms with Gasteiger partial charge in [-0.15, -0.1) is 0 Å². The van der Waals surface area contributed by atoms with Crippen LogP contribution in [0.3, 0.4) is 0 Å². The van der Waals surface area contributed by atoms with Crippen LogP contribution in [-0.4, -0.2) is 107 Å². The van der Waals surface area contributed by atoms with Crippen molar-refractivity contribution in [2.75, 3.05) is 0 Å². The van der Waals surface area contributed by atoms with Gasteiger partial charge in [0.25, 0.3) is 0 Å². The second kappa shape index (κ2) is 24.2. The van der Waals surface area contributed by atoms with E-state index in [-0.39, 0.29) is 55.4 Å². The van der Waals surface area contributed by atoms with Crippen molar-refractivity contribution in [3.63, 3.8) is 0 Å². The third kappa shape index (κ3) is 10.8. The monoisotopic (exact) mass is 1560 g/mol. The average molecular weight is 1560 g/mol. The van der Waals surface area contributed by atoms with Gasteiger partial charge in [-0.1, -0.05) is 166 Å². The van der Waals surface area contributed by atoms with Crippen molar-refractivity contribution in [2.24, 2.45) is 81.2 Å². The Kier molecular flexibility index (Phi) is 23.1. The Hall–Kier alpha value is -4.57. The lowest BCUT2D eigenvalue weighted by atomic mass is 9.32. The number of ketones is 2. The number of nitrogens with zero attached hydrogens (tertiary/aromatic N) is 3. The molecule has 0 bridgehead atoms. The zero-order valence-corrected chi connectivity index (χ0v) is 60.0. The molecule has 0 amide bonds. The van der Waals surface area contributed by atoms with E-state index in [1.807, 2.05) is 18.2 Å². The molecule has 0 aromatic heterocycles. The van der Waals surface area contributed by atoms with E-state index < -0.39 is 188 Å². The number of rotatable bonds is 30. The lowest BCUT2D eigenvalue weighted by Gasteiger charge is -2.69. The van der Waals surface area contributed by atoms with Crippen LogP contribution >= 0.6 is 0 Å². The molecule has 39 heteroatoms. The van der Waals surface area contributed by atoms with Crippen molar-refractivity contribution >= 4 is 11.6 Å². The normalized spacial score (nSPS) is 17.9. The number of Topliss-reactive ketones (excluding diaryl/α,β-unsaturated/α-hetero) is 2. The minimum absolute atomic E-state index is 0.240. The summed E-state index contributed by atoms with van der Waals surface area (Å²) in [6.07, 6.45) is -16.1. The summed E-state index contributed by atoms with van der Waals surface area (Å²) in [5, 5.41) is 34.8. The summed E-state index contributed by atoms with van der Waals surface area (Å²) >= 11 is 0. The fraction of sp³-hybridized carbons (Fsp3) is 0.921. The van der Waals surface area contributed by atoms with Crippen LogP contribution in [0.5, 0.6) is 0 Å². The van der Waals surface area contributed by atoms with E-state index in [4.69, 9.17) is 0 Å². The molecule has 0 aromatic carbocycles. The molecule has 0 rings (SSSR count). The molecule has 0 aliphatic carbocycles. The molecule has 0 heterocycles. The van der Waals surface area contributed by atoms with Crippen molar-refractivity contribution in [3.05, 3.63) is 0 Å². The fourth-order valence-corrected chi connectivity index (χ4v) is 13.6. The van der Waals surface area contributed by atoms with Crippen molar-refractivity contribution in [2.45, 2.75) is 282 Å². The number of hydrogen-bond donors (Lipinski definition) is 0. The molecule has 3 atom stereocenters. The first-order valence-electron chi connectivity index (χ1n) is 29.8. The Balaban J connectivity index is 8.63. The summed E-state index contributed by atoms with van der Waals surface area (Å²) in [4.78, 5) is 30.4. The van der Waals surface area contributed by atoms with E-state index in [0.717, 1.165) is 104 Å². The lowest BCUT2D eigenvalue weighted by Crippen LogP contribution is -2.76. The van der Waals surface area contributed by atoms with Crippen molar-refractivity contribution in [1.82, 2.24) is 0 Å². The third-order valence-corrected chi connectivity index (χ3v) is 26.8. The van der Waals surface area contributed by atoms with Crippen molar-refractivity contribution < 1.29 is 159 Å². The second-order valence-corrected chi connectivity index (χ2v) is 32.9. The molecule has 5 nitrogen and oxygen atoms in total. The lowest BCUT2D eigenvalue weighted by molar-refractivity contribution is -0.466. The minimum Gasteiger partial charge on any atom is -0.298 e. The molecule has 0 aliphatic heterocycles. The number of carbonyl (C=O) groups is 2. The van der Waals surface area contributed by atoms with Crippen molar-refractivity contribution in [1.29, 1.82) is 15.8 Å². The molecule has 0 saturated heterocycles. The minimum atomic E-state index is -8.99. The van der Waals surface area contributed by atoms with Gasteiger partial charge in [0.15, 0.2) is 0 Å². The van der Waals surface area contributed by atoms with E-state index >= 15 is 62.3 Å². The largest absolute Gasteiger partial charge is 0.460 e. The Morgan fingerprint density at radius 3 is 0.431 bits per heavy atom. The van der Waals surface area contributed by atoms with Gasteiger partial charge in [-0.05, 0) is 42.4 Å². The Morgan fingerprint density at radius 2 is 0.294 bits per heavy atom. The molecular weight excluding hydrogens is 1480 g/mol.